The number of rotatable bonds is 5. The van der Waals surface area contributed by atoms with Crippen LogP contribution >= 0.6 is 11.6 Å². The SMILES string of the molecule is CNC(=O)O[C@H]1CC[C@H](Nc2ncc(Cl)c(-c3cc(F)c4nc(C)n(C(C)C)c4c3)n2)[C@@H](O)C1. The van der Waals surface area contributed by atoms with Crippen LogP contribution in [0.25, 0.3) is 22.3 Å². The van der Waals surface area contributed by atoms with E-state index in [1.54, 1.807) is 0 Å². The first-order valence-corrected chi connectivity index (χ1v) is 11.6. The Labute approximate surface area is 201 Å². The van der Waals surface area contributed by atoms with Gasteiger partial charge in [0.05, 0.1) is 34.6 Å². The Morgan fingerprint density at radius 2 is 2.09 bits per heavy atom. The molecule has 1 amide bonds. The van der Waals surface area contributed by atoms with E-state index in [0.717, 1.165) is 5.82 Å². The molecule has 3 atom stereocenters. The molecule has 0 bridgehead atoms. The van der Waals surface area contributed by atoms with Crippen LogP contribution in [0.5, 0.6) is 0 Å². The number of amides is 1. The smallest absolute Gasteiger partial charge is 0.407 e. The second-order valence-electron chi connectivity index (χ2n) is 8.75. The van der Waals surface area contributed by atoms with E-state index in [1.807, 2.05) is 31.4 Å². The van der Waals surface area contributed by atoms with Gasteiger partial charge in [0, 0.05) is 25.1 Å². The summed E-state index contributed by atoms with van der Waals surface area (Å²) in [7, 11) is 1.49. The molecule has 0 saturated heterocycles. The maximum atomic E-state index is 14.9. The first-order chi connectivity index (χ1) is 16.2. The van der Waals surface area contributed by atoms with Gasteiger partial charge in [0.25, 0.3) is 0 Å². The monoisotopic (exact) mass is 490 g/mol. The van der Waals surface area contributed by atoms with Crippen molar-refractivity contribution in [3.63, 3.8) is 0 Å². The Kier molecular flexibility index (Phi) is 6.90. The van der Waals surface area contributed by atoms with E-state index in [9.17, 15) is 14.3 Å². The first kappa shape index (κ1) is 24.2. The van der Waals surface area contributed by atoms with Gasteiger partial charge in [-0.3, -0.25) is 0 Å². The molecule has 11 heteroatoms. The number of imidazole rings is 1. The van der Waals surface area contributed by atoms with Crippen LogP contribution in [-0.4, -0.2) is 56.0 Å². The van der Waals surface area contributed by atoms with Crippen molar-refractivity contribution in [3.8, 4) is 11.3 Å². The fourth-order valence-corrected chi connectivity index (χ4v) is 4.66. The molecule has 34 heavy (non-hydrogen) atoms. The number of halogens is 2. The zero-order chi connectivity index (χ0) is 24.6. The predicted molar refractivity (Wildman–Crippen MR) is 127 cm³/mol. The van der Waals surface area contributed by atoms with Gasteiger partial charge in [0.2, 0.25) is 5.95 Å². The molecule has 2 heterocycles. The molecular weight excluding hydrogens is 463 g/mol. The summed E-state index contributed by atoms with van der Waals surface area (Å²) in [6.45, 7) is 5.87. The third-order valence-electron chi connectivity index (χ3n) is 6.02. The summed E-state index contributed by atoms with van der Waals surface area (Å²) in [4.78, 5) is 24.6. The lowest BCUT2D eigenvalue weighted by Gasteiger charge is -2.33. The number of aromatic nitrogens is 4. The van der Waals surface area contributed by atoms with Crippen LogP contribution in [0.15, 0.2) is 18.3 Å². The largest absolute Gasteiger partial charge is 0.446 e. The highest BCUT2D eigenvalue weighted by Crippen LogP contribution is 2.33. The van der Waals surface area contributed by atoms with Crippen molar-refractivity contribution in [1.82, 2.24) is 24.8 Å². The van der Waals surface area contributed by atoms with Crippen molar-refractivity contribution >= 4 is 34.7 Å². The highest BCUT2D eigenvalue weighted by molar-refractivity contribution is 6.33. The minimum absolute atomic E-state index is 0.0988. The van der Waals surface area contributed by atoms with Crippen molar-refractivity contribution in [1.29, 1.82) is 0 Å². The van der Waals surface area contributed by atoms with Crippen LogP contribution in [0, 0.1) is 12.7 Å². The Balaban J connectivity index is 1.59. The molecule has 3 aromatic rings. The molecule has 0 unspecified atom stereocenters. The molecule has 1 fully saturated rings. The van der Waals surface area contributed by atoms with Crippen molar-refractivity contribution in [2.24, 2.45) is 0 Å². The van der Waals surface area contributed by atoms with Gasteiger partial charge >= 0.3 is 6.09 Å². The normalized spacial score (nSPS) is 20.5. The number of fused-ring (bicyclic) bond motifs is 1. The fraction of sp³-hybridized carbons (Fsp3) is 0.478. The standard InChI is InChI=1S/C23H28ClFN6O3/c1-11(2)31-12(3)28-21-16(25)7-13(8-18(21)31)20-15(24)10-27-22(30-20)29-17-6-5-14(9-19(17)32)34-23(33)26-4/h7-8,10-11,14,17,19,32H,5-6,9H2,1-4H3,(H,26,33)(H,27,29,30)/t14-,17-,19-/m0/s1. The van der Waals surface area contributed by atoms with Crippen molar-refractivity contribution in [3.05, 3.63) is 35.0 Å². The predicted octanol–water partition coefficient (Wildman–Crippen LogP) is 4.23. The number of ether oxygens (including phenoxy) is 1. The van der Waals surface area contributed by atoms with Crippen molar-refractivity contribution < 1.29 is 19.0 Å². The molecule has 3 N–H and O–H groups in total. The molecular formula is C23H28ClFN6O3. The van der Waals surface area contributed by atoms with E-state index in [4.69, 9.17) is 16.3 Å². The molecule has 0 radical (unpaired) electrons. The third-order valence-corrected chi connectivity index (χ3v) is 6.30. The Morgan fingerprint density at radius 1 is 1.32 bits per heavy atom. The molecule has 182 valence electrons. The van der Waals surface area contributed by atoms with Crippen LogP contribution in [0.4, 0.5) is 15.1 Å². The van der Waals surface area contributed by atoms with Crippen LogP contribution in [0.2, 0.25) is 5.02 Å². The summed E-state index contributed by atoms with van der Waals surface area (Å²) >= 11 is 6.39. The number of aryl methyl sites for hydroxylation is 1. The maximum Gasteiger partial charge on any atom is 0.407 e. The van der Waals surface area contributed by atoms with E-state index in [0.29, 0.717) is 41.6 Å². The number of anilines is 1. The van der Waals surface area contributed by atoms with Gasteiger partial charge < -0.3 is 25.0 Å². The molecule has 0 spiro atoms. The molecule has 1 aliphatic rings. The molecule has 4 rings (SSSR count). The number of nitrogens with zero attached hydrogens (tertiary/aromatic N) is 4. The second-order valence-corrected chi connectivity index (χ2v) is 9.15. The van der Waals surface area contributed by atoms with Gasteiger partial charge in [0.1, 0.15) is 17.4 Å². The minimum Gasteiger partial charge on any atom is -0.446 e. The van der Waals surface area contributed by atoms with Crippen molar-refractivity contribution in [2.45, 2.75) is 64.3 Å². The average molecular weight is 491 g/mol. The van der Waals surface area contributed by atoms with Gasteiger partial charge in [-0.2, -0.15) is 0 Å². The number of alkyl carbamates (subject to hydrolysis) is 1. The first-order valence-electron chi connectivity index (χ1n) is 11.2. The second kappa shape index (κ2) is 9.71. The zero-order valence-corrected chi connectivity index (χ0v) is 20.2. The molecule has 0 aliphatic heterocycles. The van der Waals surface area contributed by atoms with E-state index in [2.05, 4.69) is 25.6 Å². The number of carbonyl (C=O) groups is 1. The minimum atomic E-state index is -0.761. The summed E-state index contributed by atoms with van der Waals surface area (Å²) in [5.41, 5.74) is 1.85. The van der Waals surface area contributed by atoms with Gasteiger partial charge in [0.15, 0.2) is 5.82 Å². The van der Waals surface area contributed by atoms with E-state index in [-0.39, 0.29) is 29.2 Å². The molecule has 1 aromatic carbocycles. The number of hydrogen-bond acceptors (Lipinski definition) is 7. The Bertz CT molecular complexity index is 1220. The summed E-state index contributed by atoms with van der Waals surface area (Å²) in [6, 6.07) is 2.96. The molecule has 2 aromatic heterocycles. The molecule has 1 saturated carbocycles. The summed E-state index contributed by atoms with van der Waals surface area (Å²) in [5, 5.41) is 16.4. The van der Waals surface area contributed by atoms with E-state index in [1.165, 1.54) is 19.3 Å². The lowest BCUT2D eigenvalue weighted by atomic mass is 9.90. The Morgan fingerprint density at radius 3 is 2.76 bits per heavy atom. The lowest BCUT2D eigenvalue weighted by molar-refractivity contribution is 0.0172. The number of aliphatic hydroxyl groups is 1. The third kappa shape index (κ3) is 4.78. The highest BCUT2D eigenvalue weighted by Gasteiger charge is 2.31. The van der Waals surface area contributed by atoms with Crippen LogP contribution in [-0.2, 0) is 4.74 Å². The van der Waals surface area contributed by atoms with Crippen molar-refractivity contribution in [2.75, 3.05) is 12.4 Å². The number of carbonyl (C=O) groups excluding carboxylic acids is 1. The van der Waals surface area contributed by atoms with Crippen LogP contribution < -0.4 is 10.6 Å². The number of benzene rings is 1. The quantitative estimate of drug-likeness (QED) is 0.490. The number of nitrogens with one attached hydrogen (secondary N) is 2. The number of aliphatic hydroxyl groups excluding tert-OH is 1. The van der Waals surface area contributed by atoms with Gasteiger partial charge in [-0.15, -0.1) is 0 Å². The summed E-state index contributed by atoms with van der Waals surface area (Å²) in [6.07, 6.45) is 1.24. The molecule has 1 aliphatic carbocycles. The average Bonchev–Trinajstić information content (AvgIpc) is 3.13. The maximum absolute atomic E-state index is 14.9. The van der Waals surface area contributed by atoms with Crippen LogP contribution in [0.3, 0.4) is 0 Å². The summed E-state index contributed by atoms with van der Waals surface area (Å²) in [5.74, 6) is 0.536. The zero-order valence-electron chi connectivity index (χ0n) is 19.5. The Hall–Kier alpha value is -2.98. The highest BCUT2D eigenvalue weighted by atomic mass is 35.5. The summed E-state index contributed by atoms with van der Waals surface area (Å²) < 4.78 is 22.2. The van der Waals surface area contributed by atoms with E-state index < -0.39 is 18.0 Å². The molecule has 9 nitrogen and oxygen atoms in total. The number of hydrogen-bond donors (Lipinski definition) is 3. The van der Waals surface area contributed by atoms with Crippen LogP contribution in [0.1, 0.15) is 45.0 Å². The lowest BCUT2D eigenvalue weighted by Crippen LogP contribution is -2.43. The van der Waals surface area contributed by atoms with Gasteiger partial charge in [-0.25, -0.2) is 24.1 Å². The van der Waals surface area contributed by atoms with Gasteiger partial charge in [-0.05, 0) is 45.7 Å². The topological polar surface area (TPSA) is 114 Å². The van der Waals surface area contributed by atoms with E-state index >= 15 is 0 Å². The fourth-order valence-electron chi connectivity index (χ4n) is 4.46. The van der Waals surface area contributed by atoms with Gasteiger partial charge in [-0.1, -0.05) is 11.6 Å².